The highest BCUT2D eigenvalue weighted by atomic mass is 35.5. The number of anilines is 1. The molecule has 0 fully saturated rings. The maximum atomic E-state index is 13.2. The largest absolute Gasteiger partial charge is 0.467 e. The van der Waals surface area contributed by atoms with E-state index in [-0.39, 0.29) is 16.7 Å². The van der Waals surface area contributed by atoms with Crippen LogP contribution in [0.4, 0.5) is 10.2 Å². The summed E-state index contributed by atoms with van der Waals surface area (Å²) in [5, 5.41) is 12.4. The van der Waals surface area contributed by atoms with Gasteiger partial charge < -0.3 is 14.3 Å². The van der Waals surface area contributed by atoms with E-state index >= 15 is 0 Å². The first kappa shape index (κ1) is 20.1. The highest BCUT2D eigenvalue weighted by Crippen LogP contribution is 2.28. The lowest BCUT2D eigenvalue weighted by atomic mass is 10.2. The summed E-state index contributed by atoms with van der Waals surface area (Å²) in [6, 6.07) is 10.1. The van der Waals surface area contributed by atoms with E-state index in [4.69, 9.17) is 16.0 Å². The van der Waals surface area contributed by atoms with E-state index in [1.165, 1.54) is 23.9 Å². The van der Waals surface area contributed by atoms with Crippen molar-refractivity contribution in [3.63, 3.8) is 0 Å². The van der Waals surface area contributed by atoms with Gasteiger partial charge in [-0.05, 0) is 49.7 Å². The molecule has 28 heavy (non-hydrogen) atoms. The number of carbonyl (C=O) groups excluding carboxylic acids is 1. The number of nitrogens with zero attached hydrogens (tertiary/aromatic N) is 2. The van der Waals surface area contributed by atoms with Crippen LogP contribution in [0.5, 0.6) is 0 Å². The molecule has 3 aromatic rings. The van der Waals surface area contributed by atoms with Crippen molar-refractivity contribution in [1.29, 1.82) is 5.26 Å². The van der Waals surface area contributed by atoms with E-state index in [1.54, 1.807) is 18.4 Å². The molecule has 0 aliphatic rings. The quantitative estimate of drug-likeness (QED) is 0.563. The Labute approximate surface area is 171 Å². The molecule has 1 amide bonds. The zero-order valence-electron chi connectivity index (χ0n) is 15.3. The summed E-state index contributed by atoms with van der Waals surface area (Å²) in [7, 11) is 0. The fourth-order valence-electron chi connectivity index (χ4n) is 2.77. The molecular formula is C20H17ClFN3O2S. The van der Waals surface area contributed by atoms with Crippen LogP contribution in [-0.2, 0) is 11.3 Å². The first-order chi connectivity index (χ1) is 13.4. The van der Waals surface area contributed by atoms with Gasteiger partial charge in [0, 0.05) is 10.6 Å². The predicted octanol–water partition coefficient (Wildman–Crippen LogP) is 5.14. The number of rotatable bonds is 6. The summed E-state index contributed by atoms with van der Waals surface area (Å²) >= 11 is 7.00. The van der Waals surface area contributed by atoms with Gasteiger partial charge in [-0.15, -0.1) is 11.8 Å². The number of aromatic nitrogens is 1. The summed E-state index contributed by atoms with van der Waals surface area (Å²) in [4.78, 5) is 13.2. The van der Waals surface area contributed by atoms with Crippen molar-refractivity contribution in [1.82, 2.24) is 4.57 Å². The van der Waals surface area contributed by atoms with Crippen molar-refractivity contribution in [2.24, 2.45) is 0 Å². The van der Waals surface area contributed by atoms with Crippen LogP contribution in [0.2, 0.25) is 5.02 Å². The van der Waals surface area contributed by atoms with Crippen molar-refractivity contribution < 1.29 is 13.6 Å². The summed E-state index contributed by atoms with van der Waals surface area (Å²) in [5.41, 5.74) is 2.11. The normalized spacial score (nSPS) is 10.7. The molecule has 0 saturated carbocycles. The Morgan fingerprint density at radius 3 is 2.82 bits per heavy atom. The molecule has 0 saturated heterocycles. The van der Waals surface area contributed by atoms with Gasteiger partial charge in [0.15, 0.2) is 0 Å². The number of amides is 1. The number of hydrogen-bond acceptors (Lipinski definition) is 4. The molecule has 0 bridgehead atoms. The number of hydrogen-bond donors (Lipinski definition) is 1. The second kappa shape index (κ2) is 8.55. The number of carbonyl (C=O) groups is 1. The predicted molar refractivity (Wildman–Crippen MR) is 107 cm³/mol. The number of benzene rings is 1. The lowest BCUT2D eigenvalue weighted by Gasteiger charge is -2.12. The molecular weight excluding hydrogens is 401 g/mol. The molecule has 0 aliphatic heterocycles. The van der Waals surface area contributed by atoms with Crippen LogP contribution < -0.4 is 5.32 Å². The van der Waals surface area contributed by atoms with Gasteiger partial charge in [0.25, 0.3) is 0 Å². The van der Waals surface area contributed by atoms with Gasteiger partial charge in [-0.25, -0.2) is 4.39 Å². The minimum absolute atomic E-state index is 0.00995. The molecule has 144 valence electrons. The Hall–Kier alpha value is -2.69. The molecule has 0 atom stereocenters. The van der Waals surface area contributed by atoms with Gasteiger partial charge in [0.2, 0.25) is 5.91 Å². The Morgan fingerprint density at radius 2 is 2.18 bits per heavy atom. The Balaban J connectivity index is 1.78. The average molecular weight is 418 g/mol. The third kappa shape index (κ3) is 4.24. The summed E-state index contributed by atoms with van der Waals surface area (Å²) in [6.07, 6.45) is 1.58. The Morgan fingerprint density at radius 1 is 1.39 bits per heavy atom. The first-order valence-electron chi connectivity index (χ1n) is 8.40. The molecule has 8 heteroatoms. The van der Waals surface area contributed by atoms with Crippen LogP contribution in [0.1, 0.15) is 22.6 Å². The highest BCUT2D eigenvalue weighted by molar-refractivity contribution is 8.00. The molecule has 0 radical (unpaired) electrons. The first-order valence-corrected chi connectivity index (χ1v) is 9.77. The summed E-state index contributed by atoms with van der Waals surface area (Å²) in [5.74, 6) is 0.470. The van der Waals surface area contributed by atoms with Crippen molar-refractivity contribution in [2.75, 3.05) is 11.1 Å². The SMILES string of the molecule is Cc1c(C#N)c(NC(=O)CSc2ccc(F)c(Cl)c2)n(Cc2ccco2)c1C. The lowest BCUT2D eigenvalue weighted by Crippen LogP contribution is -2.18. The van der Waals surface area contributed by atoms with E-state index in [0.29, 0.717) is 28.6 Å². The second-order valence-electron chi connectivity index (χ2n) is 6.12. The molecule has 2 heterocycles. The maximum Gasteiger partial charge on any atom is 0.235 e. The number of nitriles is 1. The smallest absolute Gasteiger partial charge is 0.235 e. The number of furan rings is 1. The number of nitrogens with one attached hydrogen (secondary N) is 1. The molecule has 0 spiro atoms. The van der Waals surface area contributed by atoms with Crippen molar-refractivity contribution in [3.05, 3.63) is 70.0 Å². The minimum Gasteiger partial charge on any atom is -0.467 e. The molecule has 0 unspecified atom stereocenters. The van der Waals surface area contributed by atoms with E-state index in [2.05, 4.69) is 11.4 Å². The Bertz CT molecular complexity index is 1050. The van der Waals surface area contributed by atoms with Crippen molar-refractivity contribution >= 4 is 35.1 Å². The van der Waals surface area contributed by atoms with E-state index in [1.807, 2.05) is 24.5 Å². The third-order valence-corrected chi connectivity index (χ3v) is 5.64. The van der Waals surface area contributed by atoms with Gasteiger partial charge >= 0.3 is 0 Å². The van der Waals surface area contributed by atoms with Gasteiger partial charge in [0.1, 0.15) is 23.5 Å². The third-order valence-electron chi connectivity index (χ3n) is 4.35. The van der Waals surface area contributed by atoms with Gasteiger partial charge in [-0.2, -0.15) is 5.26 Å². The van der Waals surface area contributed by atoms with Crippen LogP contribution in [-0.4, -0.2) is 16.2 Å². The van der Waals surface area contributed by atoms with Crippen molar-refractivity contribution in [3.8, 4) is 6.07 Å². The van der Waals surface area contributed by atoms with E-state index in [0.717, 1.165) is 11.3 Å². The molecule has 0 aliphatic carbocycles. The topological polar surface area (TPSA) is 71.0 Å². The number of thioether (sulfide) groups is 1. The standard InChI is InChI=1S/C20H17ClFN3O2S/c1-12-13(2)25(10-14-4-3-7-27-14)20(16(12)9-23)24-19(26)11-28-15-5-6-18(22)17(21)8-15/h3-8H,10-11H2,1-2H3,(H,24,26). The van der Waals surface area contributed by atoms with Gasteiger partial charge in [-0.1, -0.05) is 11.6 Å². The van der Waals surface area contributed by atoms with Crippen LogP contribution in [0.3, 0.4) is 0 Å². The summed E-state index contributed by atoms with van der Waals surface area (Å²) in [6.45, 7) is 4.14. The lowest BCUT2D eigenvalue weighted by molar-refractivity contribution is -0.113. The fourth-order valence-corrected chi connectivity index (χ4v) is 3.75. The minimum atomic E-state index is -0.504. The van der Waals surface area contributed by atoms with Crippen molar-refractivity contribution in [2.45, 2.75) is 25.3 Å². The van der Waals surface area contributed by atoms with Crippen LogP contribution in [0.25, 0.3) is 0 Å². The average Bonchev–Trinajstić information content (AvgIpc) is 3.26. The van der Waals surface area contributed by atoms with E-state index < -0.39 is 5.82 Å². The summed E-state index contributed by atoms with van der Waals surface area (Å²) < 4.78 is 20.5. The molecule has 5 nitrogen and oxygen atoms in total. The molecule has 3 rings (SSSR count). The van der Waals surface area contributed by atoms with Crippen LogP contribution >= 0.6 is 23.4 Å². The Kier molecular flexibility index (Phi) is 6.12. The molecule has 2 aromatic heterocycles. The van der Waals surface area contributed by atoms with Crippen LogP contribution in [0.15, 0.2) is 45.9 Å². The molecule has 1 aromatic carbocycles. The zero-order valence-corrected chi connectivity index (χ0v) is 16.8. The monoisotopic (exact) mass is 417 g/mol. The number of halogens is 2. The molecule has 1 N–H and O–H groups in total. The second-order valence-corrected chi connectivity index (χ2v) is 7.58. The highest BCUT2D eigenvalue weighted by Gasteiger charge is 2.20. The van der Waals surface area contributed by atoms with Crippen LogP contribution in [0, 0.1) is 31.0 Å². The van der Waals surface area contributed by atoms with Gasteiger partial charge in [0.05, 0.1) is 29.1 Å². The van der Waals surface area contributed by atoms with E-state index in [9.17, 15) is 14.4 Å². The maximum absolute atomic E-state index is 13.2. The fraction of sp³-hybridized carbons (Fsp3) is 0.200. The zero-order chi connectivity index (χ0) is 20.3. The van der Waals surface area contributed by atoms with Gasteiger partial charge in [-0.3, -0.25) is 4.79 Å².